The molecule has 4 aromatic rings. The zero-order valence-electron chi connectivity index (χ0n) is 27.9. The van der Waals surface area contributed by atoms with Gasteiger partial charge >= 0.3 is 0 Å². The lowest BCUT2D eigenvalue weighted by Gasteiger charge is -2.19. The number of halogens is 1. The van der Waals surface area contributed by atoms with Gasteiger partial charge in [-0.3, -0.25) is 0 Å². The summed E-state index contributed by atoms with van der Waals surface area (Å²) < 4.78 is 64.6. The van der Waals surface area contributed by atoms with Gasteiger partial charge < -0.3 is 20.1 Å². The number of hydrogen-bond donors (Lipinski definition) is 2. The van der Waals surface area contributed by atoms with E-state index in [1.807, 2.05) is 44.2 Å². The van der Waals surface area contributed by atoms with E-state index in [0.29, 0.717) is 42.3 Å². The van der Waals surface area contributed by atoms with Crippen molar-refractivity contribution in [3.63, 3.8) is 0 Å². The molecule has 0 aliphatic heterocycles. The standard InChI is InChI=1S/C35H43ClN4O6S2/c1-24(2)46-31-21-33(47(41,42)19-13-7-12-18-45-23-27-14-8-6-9-15-27)26(5)20-30(31)39-35-37-22-28(36)34(40-35)38-29-16-10-11-17-32(29)48(43,44)25(3)4/h6,8-11,14-17,20-22,24-25H,7,12-13,18-19,23H2,1-5H3,(H2,37,38,39,40). The van der Waals surface area contributed by atoms with Crippen LogP contribution in [0.5, 0.6) is 5.75 Å². The normalized spacial score (nSPS) is 12.0. The third-order valence-electron chi connectivity index (χ3n) is 7.35. The molecule has 1 aromatic heterocycles. The van der Waals surface area contributed by atoms with E-state index < -0.39 is 24.9 Å². The highest BCUT2D eigenvalue weighted by atomic mass is 35.5. The molecule has 0 aliphatic carbocycles. The second-order valence-electron chi connectivity index (χ2n) is 11.9. The van der Waals surface area contributed by atoms with Gasteiger partial charge in [-0.15, -0.1) is 0 Å². The maximum atomic E-state index is 13.4. The van der Waals surface area contributed by atoms with Crippen LogP contribution in [0.2, 0.25) is 5.02 Å². The number of aryl methyl sites for hydroxylation is 1. The molecule has 3 aromatic carbocycles. The van der Waals surface area contributed by atoms with Gasteiger partial charge in [0, 0.05) is 12.7 Å². The Morgan fingerprint density at radius 1 is 0.833 bits per heavy atom. The van der Waals surface area contributed by atoms with Crippen molar-refractivity contribution < 1.29 is 26.3 Å². The number of benzene rings is 3. The highest BCUT2D eigenvalue weighted by molar-refractivity contribution is 7.92. The third kappa shape index (κ3) is 9.91. The molecule has 1 heterocycles. The fraction of sp³-hybridized carbons (Fsp3) is 0.371. The van der Waals surface area contributed by atoms with E-state index in [1.54, 1.807) is 45.0 Å². The molecule has 0 unspecified atom stereocenters. The summed E-state index contributed by atoms with van der Waals surface area (Å²) in [4.78, 5) is 9.11. The Balaban J connectivity index is 1.48. The number of para-hydroxylation sites is 1. The predicted octanol–water partition coefficient (Wildman–Crippen LogP) is 8.06. The van der Waals surface area contributed by atoms with Crippen LogP contribution >= 0.6 is 11.6 Å². The molecule has 48 heavy (non-hydrogen) atoms. The Labute approximate surface area is 289 Å². The van der Waals surface area contributed by atoms with Crippen LogP contribution in [0, 0.1) is 6.92 Å². The van der Waals surface area contributed by atoms with Crippen LogP contribution in [0.15, 0.2) is 82.7 Å². The van der Waals surface area contributed by atoms with Crippen LogP contribution in [0.4, 0.5) is 23.1 Å². The Morgan fingerprint density at radius 3 is 2.25 bits per heavy atom. The Hall–Kier alpha value is -3.71. The summed E-state index contributed by atoms with van der Waals surface area (Å²) >= 11 is 6.41. The molecule has 0 saturated carbocycles. The third-order valence-corrected chi connectivity index (χ3v) is 11.8. The molecule has 0 spiro atoms. The Morgan fingerprint density at radius 2 is 1.54 bits per heavy atom. The van der Waals surface area contributed by atoms with Crippen molar-refractivity contribution in [1.82, 2.24) is 9.97 Å². The molecule has 4 rings (SSSR count). The van der Waals surface area contributed by atoms with Crippen LogP contribution < -0.4 is 15.4 Å². The van der Waals surface area contributed by atoms with Crippen molar-refractivity contribution in [3.8, 4) is 5.75 Å². The summed E-state index contributed by atoms with van der Waals surface area (Å²) in [6.45, 7) is 9.76. The molecule has 10 nitrogen and oxygen atoms in total. The summed E-state index contributed by atoms with van der Waals surface area (Å²) in [5, 5.41) is 5.71. The SMILES string of the molecule is Cc1cc(Nc2ncc(Cl)c(Nc3ccccc3S(=O)(=O)C(C)C)n2)c(OC(C)C)cc1S(=O)(=O)CCCCCOCc1ccccc1. The number of nitrogens with zero attached hydrogens (tertiary/aromatic N) is 2. The van der Waals surface area contributed by atoms with Gasteiger partial charge in [0.15, 0.2) is 25.5 Å². The summed E-state index contributed by atoms with van der Waals surface area (Å²) in [7, 11) is -7.19. The van der Waals surface area contributed by atoms with Gasteiger partial charge in [0.05, 0.1) is 51.1 Å². The smallest absolute Gasteiger partial charge is 0.229 e. The number of anilines is 4. The van der Waals surface area contributed by atoms with Gasteiger partial charge in [-0.2, -0.15) is 4.98 Å². The minimum absolute atomic E-state index is 0.00372. The molecule has 0 fully saturated rings. The molecule has 258 valence electrons. The monoisotopic (exact) mass is 714 g/mol. The van der Waals surface area contributed by atoms with E-state index in [0.717, 1.165) is 18.4 Å². The molecule has 0 aliphatic rings. The fourth-order valence-corrected chi connectivity index (χ4v) is 7.82. The maximum Gasteiger partial charge on any atom is 0.229 e. The molecule has 0 atom stereocenters. The lowest BCUT2D eigenvalue weighted by atomic mass is 10.2. The first kappa shape index (κ1) is 37.1. The van der Waals surface area contributed by atoms with Gasteiger partial charge in [0.25, 0.3) is 0 Å². The van der Waals surface area contributed by atoms with Crippen LogP contribution in [-0.2, 0) is 31.0 Å². The average Bonchev–Trinajstić information content (AvgIpc) is 3.03. The second kappa shape index (κ2) is 16.6. The molecular weight excluding hydrogens is 672 g/mol. The van der Waals surface area contributed by atoms with E-state index in [1.165, 1.54) is 18.3 Å². The summed E-state index contributed by atoms with van der Waals surface area (Å²) in [6.07, 6.45) is 3.14. The van der Waals surface area contributed by atoms with Crippen LogP contribution in [0.1, 0.15) is 58.1 Å². The second-order valence-corrected chi connectivity index (χ2v) is 16.9. The summed E-state index contributed by atoms with van der Waals surface area (Å²) in [5.74, 6) is 0.659. The number of sulfone groups is 2. The zero-order valence-corrected chi connectivity index (χ0v) is 30.3. The number of unbranched alkanes of at least 4 members (excludes halogenated alkanes) is 2. The van der Waals surface area contributed by atoms with Gasteiger partial charge in [-0.25, -0.2) is 21.8 Å². The average molecular weight is 715 g/mol. The van der Waals surface area contributed by atoms with E-state index in [-0.39, 0.29) is 38.4 Å². The topological polar surface area (TPSA) is 137 Å². The summed E-state index contributed by atoms with van der Waals surface area (Å²) in [5.41, 5.74) is 2.44. The highest BCUT2D eigenvalue weighted by Gasteiger charge is 2.24. The zero-order chi connectivity index (χ0) is 34.9. The number of nitrogens with one attached hydrogen (secondary N) is 2. The van der Waals surface area contributed by atoms with E-state index in [4.69, 9.17) is 21.1 Å². The lowest BCUT2D eigenvalue weighted by molar-refractivity contribution is 0.117. The number of ether oxygens (including phenoxy) is 2. The minimum Gasteiger partial charge on any atom is -0.489 e. The minimum atomic E-state index is -3.60. The first-order valence-corrected chi connectivity index (χ1v) is 19.4. The molecule has 0 amide bonds. The van der Waals surface area contributed by atoms with Crippen molar-refractivity contribution in [2.45, 2.75) is 81.6 Å². The van der Waals surface area contributed by atoms with Crippen molar-refractivity contribution in [2.75, 3.05) is 23.0 Å². The van der Waals surface area contributed by atoms with Crippen molar-refractivity contribution in [1.29, 1.82) is 0 Å². The first-order chi connectivity index (χ1) is 22.8. The van der Waals surface area contributed by atoms with E-state index in [2.05, 4.69) is 20.6 Å². The fourth-order valence-electron chi connectivity index (χ4n) is 4.84. The van der Waals surface area contributed by atoms with Crippen molar-refractivity contribution in [2.24, 2.45) is 0 Å². The molecule has 0 bridgehead atoms. The van der Waals surface area contributed by atoms with E-state index in [9.17, 15) is 16.8 Å². The quantitative estimate of drug-likeness (QED) is 0.103. The van der Waals surface area contributed by atoms with Crippen LogP contribution in [0.3, 0.4) is 0 Å². The van der Waals surface area contributed by atoms with Crippen molar-refractivity contribution >= 4 is 54.4 Å². The Kier molecular flexibility index (Phi) is 12.8. The van der Waals surface area contributed by atoms with Crippen LogP contribution in [-0.4, -0.2) is 50.5 Å². The van der Waals surface area contributed by atoms with Crippen LogP contribution in [0.25, 0.3) is 0 Å². The first-order valence-electron chi connectivity index (χ1n) is 15.8. The number of hydrogen-bond acceptors (Lipinski definition) is 10. The molecule has 0 radical (unpaired) electrons. The highest BCUT2D eigenvalue weighted by Crippen LogP contribution is 2.35. The predicted molar refractivity (Wildman–Crippen MR) is 191 cm³/mol. The largest absolute Gasteiger partial charge is 0.489 e. The van der Waals surface area contributed by atoms with Gasteiger partial charge in [0.2, 0.25) is 5.95 Å². The number of rotatable bonds is 17. The molecule has 13 heteroatoms. The maximum absolute atomic E-state index is 13.4. The molecule has 0 saturated heterocycles. The summed E-state index contributed by atoms with van der Waals surface area (Å²) in [6, 6.07) is 19.7. The molecule has 2 N–H and O–H groups in total. The van der Waals surface area contributed by atoms with E-state index >= 15 is 0 Å². The lowest BCUT2D eigenvalue weighted by Crippen LogP contribution is -2.15. The Bertz CT molecular complexity index is 1900. The van der Waals surface area contributed by atoms with Crippen molar-refractivity contribution in [3.05, 3.63) is 89.1 Å². The number of aromatic nitrogens is 2. The van der Waals surface area contributed by atoms with Gasteiger partial charge in [-0.1, -0.05) is 60.5 Å². The molecular formula is C35H43ClN4O6S2. The van der Waals surface area contributed by atoms with Gasteiger partial charge in [-0.05, 0) is 76.8 Å². The van der Waals surface area contributed by atoms with Gasteiger partial charge in [0.1, 0.15) is 10.8 Å².